The molecule has 2 aliphatic rings. The van der Waals surface area contributed by atoms with Crippen molar-refractivity contribution in [3.8, 4) is 11.5 Å². The minimum absolute atomic E-state index is 0.0690. The van der Waals surface area contributed by atoms with Gasteiger partial charge in [0.05, 0.1) is 26.1 Å². The number of ether oxygens (including phenoxy) is 2. The largest absolute Gasteiger partial charge is 0.493 e. The Morgan fingerprint density at radius 2 is 1.90 bits per heavy atom. The van der Waals surface area contributed by atoms with E-state index in [0.29, 0.717) is 17.9 Å². The number of hydrogen-bond acceptors (Lipinski definition) is 4. The van der Waals surface area contributed by atoms with Crippen molar-refractivity contribution in [2.24, 2.45) is 5.92 Å². The summed E-state index contributed by atoms with van der Waals surface area (Å²) in [5.74, 6) is 0.566. The van der Waals surface area contributed by atoms with E-state index in [2.05, 4.69) is 0 Å². The van der Waals surface area contributed by atoms with Crippen LogP contribution < -0.4 is 9.47 Å². The summed E-state index contributed by atoms with van der Waals surface area (Å²) < 4.78 is 10.7. The highest BCUT2D eigenvalue weighted by Crippen LogP contribution is 2.47. The molecular weight excluding hydrogens is 258 g/mol. The number of imide groups is 1. The molecule has 1 saturated heterocycles. The summed E-state index contributed by atoms with van der Waals surface area (Å²) in [6.45, 7) is 0. The van der Waals surface area contributed by atoms with Gasteiger partial charge in [0, 0.05) is 12.6 Å². The quantitative estimate of drug-likeness (QED) is 0.764. The molecule has 0 saturated carbocycles. The van der Waals surface area contributed by atoms with E-state index < -0.39 is 0 Å². The van der Waals surface area contributed by atoms with E-state index in [4.69, 9.17) is 9.47 Å². The number of fused-ring (bicyclic) bond motifs is 3. The first-order chi connectivity index (χ1) is 9.60. The average molecular weight is 275 g/mol. The molecule has 2 amide bonds. The van der Waals surface area contributed by atoms with Crippen LogP contribution in [0.25, 0.3) is 0 Å². The lowest BCUT2D eigenvalue weighted by molar-refractivity contribution is -0.137. The molecule has 0 radical (unpaired) electrons. The first kappa shape index (κ1) is 13.0. The van der Waals surface area contributed by atoms with Gasteiger partial charge >= 0.3 is 0 Å². The molecule has 1 fully saturated rings. The van der Waals surface area contributed by atoms with Gasteiger partial charge in [-0.1, -0.05) is 6.07 Å². The van der Waals surface area contributed by atoms with E-state index in [0.717, 1.165) is 17.5 Å². The zero-order valence-electron chi connectivity index (χ0n) is 11.8. The predicted octanol–water partition coefficient (Wildman–Crippen LogP) is 1.35. The lowest BCUT2D eigenvalue weighted by atomic mass is 9.76. The molecule has 1 aromatic rings. The fourth-order valence-electron chi connectivity index (χ4n) is 3.38. The lowest BCUT2D eigenvalue weighted by Gasteiger charge is -2.27. The van der Waals surface area contributed by atoms with Crippen molar-refractivity contribution >= 4 is 11.8 Å². The number of carbonyl (C=O) groups excluding carboxylic acids is 2. The number of methoxy groups -OCH3 is 2. The lowest BCUT2D eigenvalue weighted by Crippen LogP contribution is -2.25. The van der Waals surface area contributed by atoms with E-state index >= 15 is 0 Å². The predicted molar refractivity (Wildman–Crippen MR) is 71.9 cm³/mol. The number of amides is 2. The van der Waals surface area contributed by atoms with Gasteiger partial charge in [-0.2, -0.15) is 0 Å². The van der Waals surface area contributed by atoms with Crippen molar-refractivity contribution in [2.75, 3.05) is 21.3 Å². The van der Waals surface area contributed by atoms with Crippen LogP contribution in [-0.2, 0) is 16.0 Å². The van der Waals surface area contributed by atoms with E-state index in [9.17, 15) is 9.59 Å². The maximum Gasteiger partial charge on any atom is 0.237 e. The van der Waals surface area contributed by atoms with Gasteiger partial charge in [-0.05, 0) is 24.5 Å². The highest BCUT2D eigenvalue weighted by Gasteiger charge is 2.49. The highest BCUT2D eigenvalue weighted by atomic mass is 16.5. The zero-order valence-corrected chi connectivity index (χ0v) is 11.8. The van der Waals surface area contributed by atoms with Crippen LogP contribution in [0.2, 0.25) is 0 Å². The summed E-state index contributed by atoms with van der Waals surface area (Å²) >= 11 is 0. The molecule has 0 bridgehead atoms. The van der Waals surface area contributed by atoms with Crippen LogP contribution in [0, 0.1) is 5.92 Å². The minimum atomic E-state index is -0.365. The molecular formula is C15H17NO4. The Morgan fingerprint density at radius 3 is 2.55 bits per heavy atom. The Bertz CT molecular complexity index is 596. The molecule has 1 aliphatic heterocycles. The van der Waals surface area contributed by atoms with E-state index in [-0.39, 0.29) is 23.7 Å². The molecule has 2 atom stereocenters. The molecule has 3 rings (SSSR count). The standard InChI is InChI=1S/C15H17NO4/c1-16-14(17)10-5-4-9-8(12(10)15(16)18)6-7-11(19-2)13(9)20-3/h6-7,10,12H,4-5H2,1-3H3. The Morgan fingerprint density at radius 1 is 1.15 bits per heavy atom. The second kappa shape index (κ2) is 4.51. The Balaban J connectivity index is 2.15. The van der Waals surface area contributed by atoms with Crippen molar-refractivity contribution in [3.63, 3.8) is 0 Å². The van der Waals surface area contributed by atoms with Crippen LogP contribution in [0.15, 0.2) is 12.1 Å². The maximum absolute atomic E-state index is 12.3. The van der Waals surface area contributed by atoms with Crippen LogP contribution in [0.3, 0.4) is 0 Å². The van der Waals surface area contributed by atoms with Crippen LogP contribution >= 0.6 is 0 Å². The van der Waals surface area contributed by atoms with E-state index in [1.165, 1.54) is 4.90 Å². The second-order valence-corrected chi connectivity index (χ2v) is 5.23. The molecule has 20 heavy (non-hydrogen) atoms. The van der Waals surface area contributed by atoms with Gasteiger partial charge in [0.2, 0.25) is 11.8 Å². The molecule has 106 valence electrons. The number of rotatable bonds is 2. The van der Waals surface area contributed by atoms with Crippen LogP contribution in [0.4, 0.5) is 0 Å². The molecule has 5 nitrogen and oxygen atoms in total. The first-order valence-corrected chi connectivity index (χ1v) is 6.65. The number of carbonyl (C=O) groups is 2. The molecule has 1 aromatic carbocycles. The summed E-state index contributed by atoms with van der Waals surface area (Å²) in [6.07, 6.45) is 1.40. The van der Waals surface area contributed by atoms with Gasteiger partial charge in [0.15, 0.2) is 11.5 Å². The third-order valence-electron chi connectivity index (χ3n) is 4.37. The van der Waals surface area contributed by atoms with Crippen molar-refractivity contribution in [1.29, 1.82) is 0 Å². The zero-order chi connectivity index (χ0) is 14.4. The summed E-state index contributed by atoms with van der Waals surface area (Å²) in [4.78, 5) is 25.6. The van der Waals surface area contributed by atoms with Crippen LogP contribution in [-0.4, -0.2) is 38.0 Å². The third kappa shape index (κ3) is 1.55. The summed E-state index contributed by atoms with van der Waals surface area (Å²) in [7, 11) is 4.75. The van der Waals surface area contributed by atoms with Crippen LogP contribution in [0.1, 0.15) is 23.5 Å². The van der Waals surface area contributed by atoms with Gasteiger partial charge in [0.1, 0.15) is 0 Å². The topological polar surface area (TPSA) is 55.8 Å². The molecule has 1 heterocycles. The maximum atomic E-state index is 12.3. The highest BCUT2D eigenvalue weighted by molar-refractivity contribution is 6.08. The fourth-order valence-corrected chi connectivity index (χ4v) is 3.38. The van der Waals surface area contributed by atoms with Crippen molar-refractivity contribution in [2.45, 2.75) is 18.8 Å². The number of hydrogen-bond donors (Lipinski definition) is 0. The normalized spacial score (nSPS) is 24.4. The third-order valence-corrected chi connectivity index (χ3v) is 4.37. The van der Waals surface area contributed by atoms with Gasteiger partial charge < -0.3 is 9.47 Å². The van der Waals surface area contributed by atoms with E-state index in [1.807, 2.05) is 6.07 Å². The Hall–Kier alpha value is -2.04. The monoisotopic (exact) mass is 275 g/mol. The summed E-state index contributed by atoms with van der Waals surface area (Å²) in [5, 5.41) is 0. The molecule has 0 N–H and O–H groups in total. The van der Waals surface area contributed by atoms with Crippen molar-refractivity contribution < 1.29 is 19.1 Å². The number of nitrogens with zero attached hydrogens (tertiary/aromatic N) is 1. The van der Waals surface area contributed by atoms with E-state index in [1.54, 1.807) is 27.3 Å². The molecule has 0 spiro atoms. The average Bonchev–Trinajstić information content (AvgIpc) is 2.70. The van der Waals surface area contributed by atoms with Gasteiger partial charge in [-0.15, -0.1) is 0 Å². The van der Waals surface area contributed by atoms with Gasteiger partial charge in [-0.25, -0.2) is 0 Å². The Labute approximate surface area is 117 Å². The van der Waals surface area contributed by atoms with Crippen LogP contribution in [0.5, 0.6) is 11.5 Å². The SMILES string of the molecule is COc1ccc2c(c1OC)CCC1C(=O)N(C)C(=O)C21. The van der Waals surface area contributed by atoms with Crippen molar-refractivity contribution in [1.82, 2.24) is 4.90 Å². The fraction of sp³-hybridized carbons (Fsp3) is 0.467. The molecule has 5 heteroatoms. The van der Waals surface area contributed by atoms with Gasteiger partial charge in [0.25, 0.3) is 0 Å². The molecule has 2 unspecified atom stereocenters. The first-order valence-electron chi connectivity index (χ1n) is 6.65. The Kier molecular flexibility index (Phi) is 2.92. The number of likely N-dealkylation sites (N-methyl/N-ethyl adjacent to an activating group) is 1. The second-order valence-electron chi connectivity index (χ2n) is 5.23. The van der Waals surface area contributed by atoms with Crippen molar-refractivity contribution in [3.05, 3.63) is 23.3 Å². The number of benzene rings is 1. The minimum Gasteiger partial charge on any atom is -0.493 e. The summed E-state index contributed by atoms with van der Waals surface area (Å²) in [5.41, 5.74) is 1.89. The molecule has 0 aromatic heterocycles. The number of likely N-dealkylation sites (tertiary alicyclic amines) is 1. The summed E-state index contributed by atoms with van der Waals surface area (Å²) in [6, 6.07) is 3.69. The molecule has 1 aliphatic carbocycles. The van der Waals surface area contributed by atoms with Gasteiger partial charge in [-0.3, -0.25) is 14.5 Å². The smallest absolute Gasteiger partial charge is 0.237 e.